The summed E-state index contributed by atoms with van der Waals surface area (Å²) in [6, 6.07) is 8.69. The van der Waals surface area contributed by atoms with Gasteiger partial charge in [0.2, 0.25) is 11.8 Å². The molecule has 0 fully saturated rings. The molecule has 0 radical (unpaired) electrons. The number of nitrogens with zero attached hydrogens (tertiary/aromatic N) is 1. The molecular weight excluding hydrogens is 438 g/mol. The lowest BCUT2D eigenvalue weighted by atomic mass is 9.76. The fourth-order valence-corrected chi connectivity index (χ4v) is 4.43. The number of ether oxygens (including phenoxy) is 1. The van der Waals surface area contributed by atoms with Crippen LogP contribution >= 0.6 is 0 Å². The largest absolute Gasteiger partial charge is 0.377 e. The predicted octanol–water partition coefficient (Wildman–Crippen LogP) is 4.55. The normalized spacial score (nSPS) is 15.5. The van der Waals surface area contributed by atoms with Crippen LogP contribution in [-0.2, 0) is 19.7 Å². The molecule has 1 rings (SSSR count). The first-order valence-electron chi connectivity index (χ1n) is 12.7. The summed E-state index contributed by atoms with van der Waals surface area (Å²) >= 11 is 0. The number of carbonyl (C=O) groups excluding carboxylic acids is 2. The maximum absolute atomic E-state index is 13.8. The standard InChI is InChI=1S/C29H49N3O3/c1-12-35-19-21(4)18-23(20(2)3)32(11)27(34)25(28(5,6)7)31-26(33)24(30-10)29(8,9)22-16-14-13-15-17-22/h13-18,20,23-25,30H,12,19H2,1-11H3,(H,31,33)/b21-18+/t23-,24?,25?/m1/s1. The Morgan fingerprint density at radius 3 is 2.09 bits per heavy atom. The van der Waals surface area contributed by atoms with Gasteiger partial charge in [0.15, 0.2) is 0 Å². The molecule has 1 aromatic carbocycles. The molecule has 0 saturated carbocycles. The first kappa shape index (κ1) is 30.9. The third kappa shape index (κ3) is 8.46. The second kappa shape index (κ2) is 13.2. The Balaban J connectivity index is 3.23. The maximum Gasteiger partial charge on any atom is 0.245 e. The number of hydrogen-bond acceptors (Lipinski definition) is 4. The van der Waals surface area contributed by atoms with Crippen molar-refractivity contribution < 1.29 is 14.3 Å². The smallest absolute Gasteiger partial charge is 0.245 e. The number of rotatable bonds is 12. The summed E-state index contributed by atoms with van der Waals surface area (Å²) in [7, 11) is 3.61. The van der Waals surface area contributed by atoms with Crippen molar-refractivity contribution in [2.75, 3.05) is 27.3 Å². The van der Waals surface area contributed by atoms with Crippen LogP contribution in [0.2, 0.25) is 0 Å². The van der Waals surface area contributed by atoms with Gasteiger partial charge in [0.1, 0.15) is 6.04 Å². The summed E-state index contributed by atoms with van der Waals surface area (Å²) < 4.78 is 5.54. The molecule has 0 aliphatic rings. The molecule has 1 aromatic rings. The van der Waals surface area contributed by atoms with Gasteiger partial charge in [-0.05, 0) is 43.4 Å². The van der Waals surface area contributed by atoms with Crippen molar-refractivity contribution >= 4 is 11.8 Å². The van der Waals surface area contributed by atoms with Gasteiger partial charge in [0, 0.05) is 19.1 Å². The fourth-order valence-electron chi connectivity index (χ4n) is 4.43. The lowest BCUT2D eigenvalue weighted by Crippen LogP contribution is -2.61. The van der Waals surface area contributed by atoms with Gasteiger partial charge in [0.05, 0.1) is 18.7 Å². The van der Waals surface area contributed by atoms with Gasteiger partial charge in [-0.1, -0.05) is 84.9 Å². The average Bonchev–Trinajstić information content (AvgIpc) is 2.78. The van der Waals surface area contributed by atoms with Crippen LogP contribution in [-0.4, -0.2) is 62.1 Å². The third-order valence-corrected chi connectivity index (χ3v) is 6.66. The van der Waals surface area contributed by atoms with Crippen LogP contribution < -0.4 is 10.6 Å². The number of carbonyl (C=O) groups is 2. The molecule has 198 valence electrons. The van der Waals surface area contributed by atoms with E-state index in [1.54, 1.807) is 11.9 Å². The Morgan fingerprint density at radius 1 is 1.06 bits per heavy atom. The highest BCUT2D eigenvalue weighted by atomic mass is 16.5. The Hall–Kier alpha value is -2.18. The van der Waals surface area contributed by atoms with E-state index in [2.05, 4.69) is 30.6 Å². The molecule has 6 nitrogen and oxygen atoms in total. The van der Waals surface area contributed by atoms with Crippen molar-refractivity contribution in [3.05, 3.63) is 47.5 Å². The van der Waals surface area contributed by atoms with Crippen molar-refractivity contribution in [3.63, 3.8) is 0 Å². The molecular formula is C29H49N3O3. The van der Waals surface area contributed by atoms with Crippen molar-refractivity contribution in [2.45, 2.75) is 85.9 Å². The van der Waals surface area contributed by atoms with Crippen molar-refractivity contribution in [3.8, 4) is 0 Å². The Bertz CT molecular complexity index is 840. The Labute approximate surface area is 213 Å². The second-order valence-electron chi connectivity index (χ2n) is 11.5. The van der Waals surface area contributed by atoms with E-state index >= 15 is 0 Å². The lowest BCUT2D eigenvalue weighted by molar-refractivity contribution is -0.140. The molecule has 0 bridgehead atoms. The number of nitrogens with one attached hydrogen (secondary N) is 2. The van der Waals surface area contributed by atoms with Crippen molar-refractivity contribution in [2.24, 2.45) is 11.3 Å². The molecule has 0 saturated heterocycles. The molecule has 2 N–H and O–H groups in total. The monoisotopic (exact) mass is 487 g/mol. The van der Waals surface area contributed by atoms with Crippen LogP contribution in [0.3, 0.4) is 0 Å². The summed E-state index contributed by atoms with van der Waals surface area (Å²) in [4.78, 5) is 29.2. The van der Waals surface area contributed by atoms with Gasteiger partial charge in [-0.2, -0.15) is 0 Å². The zero-order valence-corrected chi connectivity index (χ0v) is 23.9. The highest BCUT2D eigenvalue weighted by molar-refractivity contribution is 5.91. The van der Waals surface area contributed by atoms with E-state index in [1.165, 1.54) is 0 Å². The van der Waals surface area contributed by atoms with E-state index in [-0.39, 0.29) is 23.8 Å². The lowest BCUT2D eigenvalue weighted by Gasteiger charge is -2.40. The number of benzene rings is 1. The van der Waals surface area contributed by atoms with Gasteiger partial charge < -0.3 is 20.3 Å². The summed E-state index contributed by atoms with van der Waals surface area (Å²) in [6.45, 7) is 19.4. The van der Waals surface area contributed by atoms with Gasteiger partial charge in [0.25, 0.3) is 0 Å². The van der Waals surface area contributed by atoms with Crippen LogP contribution in [0, 0.1) is 11.3 Å². The maximum atomic E-state index is 13.8. The molecule has 35 heavy (non-hydrogen) atoms. The molecule has 6 heteroatoms. The van der Waals surface area contributed by atoms with Gasteiger partial charge in [-0.3, -0.25) is 9.59 Å². The van der Waals surface area contributed by atoms with Crippen LogP contribution in [0.15, 0.2) is 42.0 Å². The zero-order valence-electron chi connectivity index (χ0n) is 23.9. The molecule has 2 unspecified atom stereocenters. The topological polar surface area (TPSA) is 70.7 Å². The van der Waals surface area contributed by atoms with E-state index < -0.39 is 22.9 Å². The highest BCUT2D eigenvalue weighted by Crippen LogP contribution is 2.29. The van der Waals surface area contributed by atoms with Crippen molar-refractivity contribution in [1.82, 2.24) is 15.5 Å². The molecule has 3 atom stereocenters. The first-order valence-corrected chi connectivity index (χ1v) is 12.7. The quantitative estimate of drug-likeness (QED) is 0.425. The summed E-state index contributed by atoms with van der Waals surface area (Å²) in [5, 5.41) is 6.30. The Morgan fingerprint density at radius 2 is 1.63 bits per heavy atom. The summed E-state index contributed by atoms with van der Waals surface area (Å²) in [5.74, 6) is -0.0801. The van der Waals surface area contributed by atoms with E-state index in [0.717, 1.165) is 11.1 Å². The van der Waals surface area contributed by atoms with Gasteiger partial charge in [-0.25, -0.2) is 0 Å². The number of hydrogen-bond donors (Lipinski definition) is 2. The van der Waals surface area contributed by atoms with Crippen LogP contribution in [0.25, 0.3) is 0 Å². The van der Waals surface area contributed by atoms with Crippen LogP contribution in [0.4, 0.5) is 0 Å². The van der Waals surface area contributed by atoms with Crippen LogP contribution in [0.1, 0.15) is 67.9 Å². The van der Waals surface area contributed by atoms with E-state index in [1.807, 2.05) is 85.8 Å². The molecule has 0 spiro atoms. The van der Waals surface area contributed by atoms with Gasteiger partial charge >= 0.3 is 0 Å². The minimum Gasteiger partial charge on any atom is -0.377 e. The number of amides is 2. The molecule has 0 aliphatic heterocycles. The average molecular weight is 488 g/mol. The fraction of sp³-hybridized carbons (Fsp3) is 0.655. The number of likely N-dealkylation sites (N-methyl/N-ethyl adjacent to an activating group) is 2. The minimum absolute atomic E-state index is 0.0996. The highest BCUT2D eigenvalue weighted by Gasteiger charge is 2.41. The molecule has 0 heterocycles. The Kier molecular flexibility index (Phi) is 11.7. The SMILES string of the molecule is CCOC/C(C)=C/[C@H](C(C)C)N(C)C(=O)C(NC(=O)C(NC)C(C)(C)c1ccccc1)C(C)(C)C. The second-order valence-corrected chi connectivity index (χ2v) is 11.5. The van der Waals surface area contributed by atoms with E-state index in [4.69, 9.17) is 4.74 Å². The van der Waals surface area contributed by atoms with Crippen LogP contribution in [0.5, 0.6) is 0 Å². The minimum atomic E-state index is -0.677. The zero-order chi connectivity index (χ0) is 27.0. The molecule has 0 aromatic heterocycles. The predicted molar refractivity (Wildman–Crippen MR) is 145 cm³/mol. The van der Waals surface area contributed by atoms with Gasteiger partial charge in [-0.15, -0.1) is 0 Å². The van der Waals surface area contributed by atoms with Crippen molar-refractivity contribution in [1.29, 1.82) is 0 Å². The summed E-state index contributed by atoms with van der Waals surface area (Å²) in [6.07, 6.45) is 2.11. The van der Waals surface area contributed by atoms with E-state index in [9.17, 15) is 9.59 Å². The molecule has 2 amide bonds. The van der Waals surface area contributed by atoms with E-state index in [0.29, 0.717) is 13.2 Å². The summed E-state index contributed by atoms with van der Waals surface area (Å²) in [5.41, 5.74) is 1.19. The first-order chi connectivity index (χ1) is 16.2. The molecule has 0 aliphatic carbocycles. The third-order valence-electron chi connectivity index (χ3n) is 6.66.